The molecular weight excluding hydrogens is 344 g/mol. The van der Waals surface area contributed by atoms with Gasteiger partial charge in [-0.15, -0.1) is 11.3 Å². The van der Waals surface area contributed by atoms with Crippen LogP contribution >= 0.6 is 11.3 Å². The lowest BCUT2D eigenvalue weighted by atomic mass is 10.1. The summed E-state index contributed by atoms with van der Waals surface area (Å²) in [5.74, 6) is -0.454. The number of aromatic carboxylic acids is 1. The second-order valence-electron chi connectivity index (χ2n) is 5.05. The molecule has 0 aliphatic heterocycles. The summed E-state index contributed by atoms with van der Waals surface area (Å²) >= 11 is 1.39. The summed E-state index contributed by atoms with van der Waals surface area (Å²) in [5.41, 5.74) is 1.52. The quantitative estimate of drug-likeness (QED) is 0.529. The first-order valence-electron chi connectivity index (χ1n) is 7.18. The lowest BCUT2D eigenvalue weighted by Crippen LogP contribution is -1.98. The van der Waals surface area contributed by atoms with E-state index >= 15 is 0 Å². The van der Waals surface area contributed by atoms with Gasteiger partial charge < -0.3 is 9.84 Å². The van der Waals surface area contributed by atoms with Gasteiger partial charge in [0, 0.05) is 23.1 Å². The maximum absolute atomic E-state index is 10.8. The number of nitro benzene ring substituents is 1. The molecule has 0 aliphatic carbocycles. The normalized spacial score (nSPS) is 10.4. The molecule has 0 amide bonds. The third-order valence-electron chi connectivity index (χ3n) is 3.37. The summed E-state index contributed by atoms with van der Waals surface area (Å²) in [6, 6.07) is 12.4. The number of nitrogens with zero attached hydrogens (tertiary/aromatic N) is 2. The second-order valence-corrected chi connectivity index (χ2v) is 5.99. The fraction of sp³-hybridized carbons (Fsp3) is 0.0588. The van der Waals surface area contributed by atoms with Gasteiger partial charge in [-0.05, 0) is 24.3 Å². The number of benzene rings is 2. The van der Waals surface area contributed by atoms with E-state index < -0.39 is 10.9 Å². The maximum Gasteiger partial charge on any atom is 0.335 e. The minimum Gasteiger partial charge on any atom is -0.486 e. The van der Waals surface area contributed by atoms with Crippen LogP contribution < -0.4 is 4.74 Å². The Kier molecular flexibility index (Phi) is 4.71. The highest BCUT2D eigenvalue weighted by molar-refractivity contribution is 7.09. The average Bonchev–Trinajstić information content (AvgIpc) is 3.09. The Morgan fingerprint density at radius 1 is 1.24 bits per heavy atom. The number of carboxylic acids is 1. The van der Waals surface area contributed by atoms with Crippen LogP contribution in [0.1, 0.15) is 15.4 Å². The molecule has 0 saturated carbocycles. The van der Waals surface area contributed by atoms with Gasteiger partial charge in [0.25, 0.3) is 5.69 Å². The second kappa shape index (κ2) is 7.10. The highest BCUT2D eigenvalue weighted by Crippen LogP contribution is 2.26. The van der Waals surface area contributed by atoms with Gasteiger partial charge in [-0.1, -0.05) is 12.1 Å². The SMILES string of the molecule is O=C(O)c1ccc(OCc2nc(-c3cccc([N+](=O)[O-])c3)cs2)cc1. The summed E-state index contributed by atoms with van der Waals surface area (Å²) in [7, 11) is 0. The van der Waals surface area contributed by atoms with Crippen LogP contribution in [0.2, 0.25) is 0 Å². The zero-order valence-electron chi connectivity index (χ0n) is 12.8. The smallest absolute Gasteiger partial charge is 0.335 e. The highest BCUT2D eigenvalue weighted by atomic mass is 32.1. The number of thiazole rings is 1. The van der Waals surface area contributed by atoms with Crippen LogP contribution in [0, 0.1) is 10.1 Å². The van der Waals surface area contributed by atoms with Crippen LogP contribution in [-0.2, 0) is 6.61 Å². The molecule has 0 radical (unpaired) electrons. The van der Waals surface area contributed by atoms with Gasteiger partial charge in [0.15, 0.2) is 0 Å². The molecule has 0 saturated heterocycles. The van der Waals surface area contributed by atoms with Gasteiger partial charge in [-0.2, -0.15) is 0 Å². The monoisotopic (exact) mass is 356 g/mol. The first kappa shape index (κ1) is 16.6. The van der Waals surface area contributed by atoms with Gasteiger partial charge in [0.1, 0.15) is 17.4 Å². The Hall–Kier alpha value is -3.26. The molecular formula is C17H12N2O5S. The van der Waals surface area contributed by atoms with Crippen molar-refractivity contribution in [2.24, 2.45) is 0 Å². The number of carboxylic acid groups (broad SMARTS) is 1. The Balaban J connectivity index is 1.68. The lowest BCUT2D eigenvalue weighted by Gasteiger charge is -2.04. The number of carbonyl (C=O) groups is 1. The molecule has 0 aliphatic rings. The van der Waals surface area contributed by atoms with Crippen LogP contribution in [0.4, 0.5) is 5.69 Å². The third kappa shape index (κ3) is 3.99. The fourth-order valence-corrected chi connectivity index (χ4v) is 2.84. The van der Waals surface area contributed by atoms with Crippen molar-refractivity contribution in [2.45, 2.75) is 6.61 Å². The first-order chi connectivity index (χ1) is 12.0. The van der Waals surface area contributed by atoms with E-state index in [-0.39, 0.29) is 17.9 Å². The van der Waals surface area contributed by atoms with Crippen LogP contribution in [0.3, 0.4) is 0 Å². The minimum absolute atomic E-state index is 0.0156. The van der Waals surface area contributed by atoms with Crippen molar-refractivity contribution in [3.8, 4) is 17.0 Å². The zero-order valence-corrected chi connectivity index (χ0v) is 13.6. The van der Waals surface area contributed by atoms with E-state index in [0.29, 0.717) is 22.0 Å². The lowest BCUT2D eigenvalue weighted by molar-refractivity contribution is -0.384. The molecule has 0 unspecified atom stereocenters. The zero-order chi connectivity index (χ0) is 17.8. The van der Waals surface area contributed by atoms with Crippen molar-refractivity contribution < 1.29 is 19.6 Å². The highest BCUT2D eigenvalue weighted by Gasteiger charge is 2.10. The largest absolute Gasteiger partial charge is 0.486 e. The standard InChI is InChI=1S/C17H12N2O5S/c20-17(21)11-4-6-14(7-5-11)24-9-16-18-15(10-25-16)12-2-1-3-13(8-12)19(22)23/h1-8,10H,9H2,(H,20,21). The van der Waals surface area contributed by atoms with Crippen molar-refractivity contribution in [3.63, 3.8) is 0 Å². The third-order valence-corrected chi connectivity index (χ3v) is 4.19. The summed E-state index contributed by atoms with van der Waals surface area (Å²) in [6.07, 6.45) is 0. The van der Waals surface area contributed by atoms with Crippen LogP contribution in [-0.4, -0.2) is 21.0 Å². The van der Waals surface area contributed by atoms with Gasteiger partial charge in [-0.3, -0.25) is 10.1 Å². The fourth-order valence-electron chi connectivity index (χ4n) is 2.13. The molecule has 1 heterocycles. The summed E-state index contributed by atoms with van der Waals surface area (Å²) in [4.78, 5) is 25.6. The van der Waals surface area contributed by atoms with E-state index in [0.717, 1.165) is 0 Å². The van der Waals surface area contributed by atoms with Crippen molar-refractivity contribution in [1.29, 1.82) is 0 Å². The molecule has 25 heavy (non-hydrogen) atoms. The summed E-state index contributed by atoms with van der Waals surface area (Å²) in [6.45, 7) is 0.228. The molecule has 2 aromatic carbocycles. The number of ether oxygens (including phenoxy) is 1. The number of rotatable bonds is 6. The van der Waals surface area contributed by atoms with E-state index in [1.807, 2.05) is 5.38 Å². The Labute approximate surface area is 146 Å². The predicted octanol–water partition coefficient (Wildman–Crippen LogP) is 4.00. The summed E-state index contributed by atoms with van der Waals surface area (Å²) < 4.78 is 5.58. The molecule has 0 spiro atoms. The Morgan fingerprint density at radius 3 is 2.68 bits per heavy atom. The molecule has 0 bridgehead atoms. The van der Waals surface area contributed by atoms with E-state index in [1.54, 1.807) is 24.3 Å². The minimum atomic E-state index is -0.993. The van der Waals surface area contributed by atoms with E-state index in [2.05, 4.69) is 4.98 Å². The maximum atomic E-state index is 10.8. The molecule has 126 valence electrons. The van der Waals surface area contributed by atoms with E-state index in [1.165, 1.54) is 35.6 Å². The predicted molar refractivity (Wildman–Crippen MR) is 91.9 cm³/mol. The van der Waals surface area contributed by atoms with Crippen molar-refractivity contribution >= 4 is 23.0 Å². The molecule has 1 N–H and O–H groups in total. The molecule has 7 nitrogen and oxygen atoms in total. The van der Waals surface area contributed by atoms with Crippen LogP contribution in [0.25, 0.3) is 11.3 Å². The van der Waals surface area contributed by atoms with E-state index in [4.69, 9.17) is 9.84 Å². The number of nitro groups is 1. The molecule has 0 fully saturated rings. The molecule has 1 aromatic heterocycles. The number of hydrogen-bond acceptors (Lipinski definition) is 6. The number of aromatic nitrogens is 1. The van der Waals surface area contributed by atoms with Crippen molar-refractivity contribution in [3.05, 3.63) is 74.6 Å². The van der Waals surface area contributed by atoms with Crippen molar-refractivity contribution in [1.82, 2.24) is 4.98 Å². The Morgan fingerprint density at radius 2 is 2.00 bits per heavy atom. The number of hydrogen-bond donors (Lipinski definition) is 1. The van der Waals surface area contributed by atoms with Gasteiger partial charge >= 0.3 is 5.97 Å². The number of non-ortho nitro benzene ring substituents is 1. The Bertz CT molecular complexity index is 921. The first-order valence-corrected chi connectivity index (χ1v) is 8.06. The van der Waals surface area contributed by atoms with Gasteiger partial charge in [0.2, 0.25) is 0 Å². The van der Waals surface area contributed by atoms with Crippen LogP contribution in [0.5, 0.6) is 5.75 Å². The summed E-state index contributed by atoms with van der Waals surface area (Å²) in [5, 5.41) is 22.2. The topological polar surface area (TPSA) is 103 Å². The molecule has 8 heteroatoms. The van der Waals surface area contributed by atoms with E-state index in [9.17, 15) is 14.9 Å². The van der Waals surface area contributed by atoms with Gasteiger partial charge in [-0.25, -0.2) is 9.78 Å². The molecule has 3 aromatic rings. The average molecular weight is 356 g/mol. The molecule has 0 atom stereocenters. The van der Waals surface area contributed by atoms with Gasteiger partial charge in [0.05, 0.1) is 16.2 Å². The van der Waals surface area contributed by atoms with Crippen LogP contribution in [0.15, 0.2) is 53.9 Å². The molecule has 3 rings (SSSR count). The van der Waals surface area contributed by atoms with Crippen molar-refractivity contribution in [2.75, 3.05) is 0 Å².